The van der Waals surface area contributed by atoms with E-state index in [1.165, 1.54) is 27.9 Å². The molecule has 0 unspecified atom stereocenters. The fraction of sp³-hybridized carbons (Fsp3) is 0.744. The molecule has 53 heavy (non-hydrogen) atoms. The van der Waals surface area contributed by atoms with Crippen molar-refractivity contribution in [2.45, 2.75) is 94.7 Å². The van der Waals surface area contributed by atoms with Crippen LogP contribution in [0.4, 0.5) is 0 Å². The first kappa shape index (κ1) is 38.0. The third-order valence-corrected chi connectivity index (χ3v) is 14.0. The summed E-state index contributed by atoms with van der Waals surface area (Å²) in [5, 5.41) is 0. The predicted octanol–water partition coefficient (Wildman–Crippen LogP) is 2.83. The van der Waals surface area contributed by atoms with Crippen LogP contribution in [0.3, 0.4) is 0 Å². The molecule has 0 radical (unpaired) electrons. The number of piperidine rings is 1. The summed E-state index contributed by atoms with van der Waals surface area (Å²) in [6.45, 7) is 7.63. The van der Waals surface area contributed by atoms with Gasteiger partial charge >= 0.3 is 23.9 Å². The van der Waals surface area contributed by atoms with Gasteiger partial charge in [-0.3, -0.25) is 19.3 Å². The quantitative estimate of drug-likeness (QED) is 0.228. The Bertz CT molecular complexity index is 1620. The fourth-order valence-corrected chi connectivity index (χ4v) is 13.1. The highest BCUT2D eigenvalue weighted by Gasteiger charge is 2.91. The fourth-order valence-electron chi connectivity index (χ4n) is 13.1. The van der Waals surface area contributed by atoms with Gasteiger partial charge in [0.15, 0.2) is 11.7 Å². The number of esters is 4. The van der Waals surface area contributed by atoms with Crippen LogP contribution >= 0.6 is 0 Å². The first-order chi connectivity index (χ1) is 25.3. The van der Waals surface area contributed by atoms with Crippen LogP contribution in [-0.2, 0) is 52.3 Å². The van der Waals surface area contributed by atoms with Crippen LogP contribution in [0.5, 0.6) is 5.75 Å². The first-order valence-corrected chi connectivity index (χ1v) is 18.5. The summed E-state index contributed by atoms with van der Waals surface area (Å²) in [7, 11) is 8.07. The zero-order valence-corrected chi connectivity index (χ0v) is 32.1. The van der Waals surface area contributed by atoms with Crippen LogP contribution in [0.1, 0.15) is 57.3 Å². The summed E-state index contributed by atoms with van der Waals surface area (Å²) in [4.78, 5) is 56.2. The molecule has 1 aromatic rings. The van der Waals surface area contributed by atoms with Crippen molar-refractivity contribution in [3.8, 4) is 5.75 Å². The molecule has 1 heterocycles. The third kappa shape index (κ3) is 5.00. The van der Waals surface area contributed by atoms with Gasteiger partial charge in [0.1, 0.15) is 23.6 Å². The molecule has 0 amide bonds. The van der Waals surface area contributed by atoms with Gasteiger partial charge in [-0.15, -0.1) is 0 Å². The standard InChI is InChI=1S/C39H53NO13/c1-10-40-18-36(19-45-5)26(50-20(2)41)15-27(47-7)39-25-16-37(52-21(3)42)28(48-8)17-38(53-22(4)43,30(33(39)40)31(49-9)32(36)39)29(25)34(37)51-35(44)23-11-13-24(46-6)14-12-23/h11-14,25-34H,10,15-19H2,1-9H3/t25-,26-,27+,28+,29-,30+,31+,32-,33-,34-,36+,37+,38-,39+/m1/s1. The van der Waals surface area contributed by atoms with E-state index < -0.39 is 94.2 Å². The molecule has 1 spiro atoms. The number of carbonyl (C=O) groups excluding carboxylic acids is 4. The SMILES string of the molecule is CCN1C[C@@]2(COC)[C@H]3[C@@H](OC)[C@H]4[C@@H]1[C@]3([C@@H](OC)C[C@H]2OC(C)=O)[C@@H]1C[C@]2(OC(C)=O)[C@@H](OC)C[C@@]4(OC(C)=O)[C@H]1[C@H]2OC(=O)c1ccc(OC)cc1. The van der Waals surface area contributed by atoms with Gasteiger partial charge < -0.3 is 42.6 Å². The van der Waals surface area contributed by atoms with E-state index in [4.69, 9.17) is 42.6 Å². The number of rotatable bonds is 12. The number of nitrogens with zero attached hydrogens (tertiary/aromatic N) is 1. The Balaban J connectivity index is 1.52. The summed E-state index contributed by atoms with van der Waals surface area (Å²) >= 11 is 0. The Hall–Kier alpha value is -3.30. The lowest BCUT2D eigenvalue weighted by atomic mass is 9.42. The maximum Gasteiger partial charge on any atom is 0.338 e. The van der Waals surface area contributed by atoms with E-state index in [2.05, 4.69) is 11.8 Å². The van der Waals surface area contributed by atoms with Crippen molar-refractivity contribution >= 4 is 23.9 Å². The highest BCUT2D eigenvalue weighted by molar-refractivity contribution is 5.89. The molecule has 7 bridgehead atoms. The minimum absolute atomic E-state index is 0.164. The normalized spacial score (nSPS) is 43.1. The zero-order valence-electron chi connectivity index (χ0n) is 32.1. The lowest BCUT2D eigenvalue weighted by Crippen LogP contribution is -2.79. The molecule has 1 aromatic carbocycles. The molecule has 1 saturated heterocycles. The number of benzene rings is 1. The number of fused-ring (bicyclic) bond motifs is 2. The van der Waals surface area contributed by atoms with Crippen molar-refractivity contribution in [3.63, 3.8) is 0 Å². The topological polar surface area (TPSA) is 155 Å². The minimum atomic E-state index is -1.44. The lowest BCUT2D eigenvalue weighted by Gasteiger charge is -2.70. The molecule has 1 aliphatic heterocycles. The minimum Gasteiger partial charge on any atom is -0.497 e. The van der Waals surface area contributed by atoms with Crippen LogP contribution in [0, 0.1) is 34.5 Å². The van der Waals surface area contributed by atoms with E-state index in [1.807, 2.05) is 0 Å². The highest BCUT2D eigenvalue weighted by atomic mass is 16.6. The van der Waals surface area contributed by atoms with E-state index in [-0.39, 0.29) is 37.0 Å². The number of hydrogen-bond donors (Lipinski definition) is 0. The second kappa shape index (κ2) is 13.5. The maximum absolute atomic E-state index is 14.2. The Morgan fingerprint density at radius 1 is 0.774 bits per heavy atom. The predicted molar refractivity (Wildman–Crippen MR) is 185 cm³/mol. The van der Waals surface area contributed by atoms with Crippen molar-refractivity contribution in [2.75, 3.05) is 55.2 Å². The molecule has 7 rings (SSSR count). The van der Waals surface area contributed by atoms with Gasteiger partial charge in [-0.25, -0.2) is 4.79 Å². The number of carbonyl (C=O) groups is 4. The molecule has 6 fully saturated rings. The summed E-state index contributed by atoms with van der Waals surface area (Å²) in [6.07, 6.45) is -2.76. The lowest BCUT2D eigenvalue weighted by molar-refractivity contribution is -0.302. The van der Waals surface area contributed by atoms with Crippen molar-refractivity contribution in [1.82, 2.24) is 4.90 Å². The van der Waals surface area contributed by atoms with Gasteiger partial charge in [0, 0.05) is 103 Å². The monoisotopic (exact) mass is 743 g/mol. The van der Waals surface area contributed by atoms with Gasteiger partial charge in [-0.05, 0) is 43.1 Å². The van der Waals surface area contributed by atoms with Gasteiger partial charge in [0.2, 0.25) is 0 Å². The van der Waals surface area contributed by atoms with Crippen LogP contribution in [-0.4, -0.2) is 132 Å². The third-order valence-electron chi connectivity index (χ3n) is 14.0. The van der Waals surface area contributed by atoms with Gasteiger partial charge in [0.25, 0.3) is 0 Å². The number of methoxy groups -OCH3 is 5. The van der Waals surface area contributed by atoms with Crippen molar-refractivity contribution in [1.29, 1.82) is 0 Å². The molecule has 0 aromatic heterocycles. The highest BCUT2D eigenvalue weighted by Crippen LogP contribution is 2.81. The van der Waals surface area contributed by atoms with E-state index in [1.54, 1.807) is 52.7 Å². The largest absolute Gasteiger partial charge is 0.497 e. The van der Waals surface area contributed by atoms with Gasteiger partial charge in [0.05, 0.1) is 31.5 Å². The molecular formula is C39H53NO13. The average Bonchev–Trinajstić information content (AvgIpc) is 3.50. The Morgan fingerprint density at radius 3 is 1.98 bits per heavy atom. The number of ether oxygens (including phenoxy) is 9. The molecule has 6 aliphatic rings. The molecule has 14 nitrogen and oxygen atoms in total. The van der Waals surface area contributed by atoms with E-state index in [0.717, 1.165) is 0 Å². The molecular weight excluding hydrogens is 690 g/mol. The summed E-state index contributed by atoms with van der Waals surface area (Å²) in [6, 6.07) is 6.32. The molecule has 5 saturated carbocycles. The smallest absolute Gasteiger partial charge is 0.338 e. The van der Waals surface area contributed by atoms with Gasteiger partial charge in [-0.1, -0.05) is 6.92 Å². The van der Waals surface area contributed by atoms with Crippen LogP contribution < -0.4 is 4.74 Å². The molecule has 0 N–H and O–H groups in total. The van der Waals surface area contributed by atoms with Crippen molar-refractivity contribution in [3.05, 3.63) is 29.8 Å². The van der Waals surface area contributed by atoms with Crippen molar-refractivity contribution < 1.29 is 61.8 Å². The summed E-state index contributed by atoms with van der Waals surface area (Å²) in [5.41, 5.74) is -4.00. The Labute approximate surface area is 310 Å². The molecule has 14 atom stereocenters. The Morgan fingerprint density at radius 2 is 1.43 bits per heavy atom. The maximum atomic E-state index is 14.2. The Kier molecular flexibility index (Phi) is 9.66. The average molecular weight is 744 g/mol. The van der Waals surface area contributed by atoms with Crippen LogP contribution in [0.2, 0.25) is 0 Å². The number of hydrogen-bond acceptors (Lipinski definition) is 14. The molecule has 5 aliphatic carbocycles. The summed E-state index contributed by atoms with van der Waals surface area (Å²) < 4.78 is 56.9. The van der Waals surface area contributed by atoms with E-state index in [0.29, 0.717) is 25.3 Å². The first-order valence-electron chi connectivity index (χ1n) is 18.5. The van der Waals surface area contributed by atoms with Crippen LogP contribution in [0.15, 0.2) is 24.3 Å². The van der Waals surface area contributed by atoms with E-state index in [9.17, 15) is 19.2 Å². The van der Waals surface area contributed by atoms with Gasteiger partial charge in [-0.2, -0.15) is 0 Å². The van der Waals surface area contributed by atoms with E-state index >= 15 is 0 Å². The second-order valence-electron chi connectivity index (χ2n) is 15.9. The van der Waals surface area contributed by atoms with Crippen LogP contribution in [0.25, 0.3) is 0 Å². The molecule has 292 valence electrons. The van der Waals surface area contributed by atoms with Crippen molar-refractivity contribution in [2.24, 2.45) is 34.5 Å². The molecule has 14 heteroatoms. The number of likely N-dealkylation sites (tertiary alicyclic amines) is 1. The second-order valence-corrected chi connectivity index (χ2v) is 15.9. The zero-order chi connectivity index (χ0) is 38.2. The summed E-state index contributed by atoms with van der Waals surface area (Å²) in [5.74, 6) is -3.43.